The number of benzene rings is 1. The van der Waals surface area contributed by atoms with Crippen molar-refractivity contribution in [1.29, 1.82) is 0 Å². The highest BCUT2D eigenvalue weighted by Crippen LogP contribution is 2.21. The second-order valence-electron chi connectivity index (χ2n) is 3.87. The van der Waals surface area contributed by atoms with Crippen LogP contribution >= 0.6 is 11.8 Å². The highest BCUT2D eigenvalue weighted by atomic mass is 32.2. The van der Waals surface area contributed by atoms with Gasteiger partial charge in [0.25, 0.3) is 0 Å². The molecule has 1 aromatic carbocycles. The first-order valence-corrected chi connectivity index (χ1v) is 7.12. The summed E-state index contributed by atoms with van der Waals surface area (Å²) in [5.41, 5.74) is 1.35. The lowest BCUT2D eigenvalue weighted by Crippen LogP contribution is -2.17. The fourth-order valence-electron chi connectivity index (χ4n) is 1.62. The highest BCUT2D eigenvalue weighted by Gasteiger charge is 2.02. The van der Waals surface area contributed by atoms with E-state index in [0.29, 0.717) is 6.04 Å². The van der Waals surface area contributed by atoms with Gasteiger partial charge in [-0.2, -0.15) is 0 Å². The first-order valence-electron chi connectivity index (χ1n) is 6.13. The molecule has 17 heavy (non-hydrogen) atoms. The van der Waals surface area contributed by atoms with Crippen LogP contribution in [0.4, 0.5) is 0 Å². The van der Waals surface area contributed by atoms with Gasteiger partial charge < -0.3 is 5.32 Å². The van der Waals surface area contributed by atoms with Gasteiger partial charge in [0.05, 0.1) is 0 Å². The third kappa shape index (κ3) is 5.30. The molecular formula is C15H21NS. The molecule has 0 fully saturated rings. The SMILES string of the molecule is CC#CCCSc1ccc(C(C)NCC)cc1. The summed E-state index contributed by atoms with van der Waals surface area (Å²) in [6, 6.07) is 9.26. The number of thioether (sulfide) groups is 1. The van der Waals surface area contributed by atoms with Crippen molar-refractivity contribution in [3.63, 3.8) is 0 Å². The summed E-state index contributed by atoms with van der Waals surface area (Å²) in [5, 5.41) is 3.42. The molecule has 0 aromatic heterocycles. The Kier molecular flexibility index (Phi) is 6.84. The van der Waals surface area contributed by atoms with Crippen molar-refractivity contribution in [2.45, 2.75) is 38.1 Å². The van der Waals surface area contributed by atoms with Crippen molar-refractivity contribution < 1.29 is 0 Å². The van der Waals surface area contributed by atoms with E-state index in [1.807, 2.05) is 18.7 Å². The van der Waals surface area contributed by atoms with Gasteiger partial charge in [-0.3, -0.25) is 0 Å². The second kappa shape index (κ2) is 8.22. The Hall–Kier alpha value is -0.910. The Bertz CT molecular complexity index is 372. The molecule has 1 unspecified atom stereocenters. The maximum Gasteiger partial charge on any atom is 0.0291 e. The first-order chi connectivity index (χ1) is 8.27. The number of hydrogen-bond donors (Lipinski definition) is 1. The highest BCUT2D eigenvalue weighted by molar-refractivity contribution is 7.99. The third-order valence-electron chi connectivity index (χ3n) is 2.56. The number of nitrogens with one attached hydrogen (secondary N) is 1. The van der Waals surface area contributed by atoms with E-state index in [-0.39, 0.29) is 0 Å². The quantitative estimate of drug-likeness (QED) is 0.465. The average molecular weight is 247 g/mol. The molecule has 92 valence electrons. The van der Waals surface area contributed by atoms with Crippen LogP contribution in [0.15, 0.2) is 29.2 Å². The van der Waals surface area contributed by atoms with Crippen LogP contribution in [-0.4, -0.2) is 12.3 Å². The van der Waals surface area contributed by atoms with Crippen LogP contribution in [0.2, 0.25) is 0 Å². The summed E-state index contributed by atoms with van der Waals surface area (Å²) in [6.07, 6.45) is 0.969. The van der Waals surface area contributed by atoms with Gasteiger partial charge >= 0.3 is 0 Å². The molecule has 0 amide bonds. The molecule has 0 radical (unpaired) electrons. The van der Waals surface area contributed by atoms with E-state index in [0.717, 1.165) is 18.7 Å². The standard InChI is InChI=1S/C15H21NS/c1-4-6-7-12-17-15-10-8-14(9-11-15)13(3)16-5-2/h8-11,13,16H,5,7,12H2,1-3H3. The normalized spacial score (nSPS) is 11.7. The van der Waals surface area contributed by atoms with Gasteiger partial charge in [0.15, 0.2) is 0 Å². The fourth-order valence-corrected chi connectivity index (χ4v) is 2.39. The minimum absolute atomic E-state index is 0.435. The fraction of sp³-hybridized carbons (Fsp3) is 0.467. The predicted octanol–water partition coefficient (Wildman–Crippen LogP) is 3.86. The van der Waals surface area contributed by atoms with Crippen LogP contribution in [-0.2, 0) is 0 Å². The van der Waals surface area contributed by atoms with E-state index in [1.165, 1.54) is 10.5 Å². The van der Waals surface area contributed by atoms with Crippen molar-refractivity contribution in [2.24, 2.45) is 0 Å². The zero-order valence-corrected chi connectivity index (χ0v) is 11.7. The van der Waals surface area contributed by atoms with Gasteiger partial charge in [0, 0.05) is 23.1 Å². The van der Waals surface area contributed by atoms with Gasteiger partial charge in [0.1, 0.15) is 0 Å². The van der Waals surface area contributed by atoms with Crippen LogP contribution < -0.4 is 5.32 Å². The first kappa shape index (κ1) is 14.2. The van der Waals surface area contributed by atoms with Gasteiger partial charge in [-0.05, 0) is 38.1 Å². The Morgan fingerprint density at radius 2 is 2.00 bits per heavy atom. The van der Waals surface area contributed by atoms with E-state index in [2.05, 4.69) is 55.3 Å². The van der Waals surface area contributed by atoms with E-state index in [1.54, 1.807) is 0 Å². The zero-order chi connectivity index (χ0) is 12.5. The van der Waals surface area contributed by atoms with Gasteiger partial charge in [-0.15, -0.1) is 23.6 Å². The smallest absolute Gasteiger partial charge is 0.0291 e. The molecule has 0 heterocycles. The van der Waals surface area contributed by atoms with E-state index >= 15 is 0 Å². The van der Waals surface area contributed by atoms with Crippen LogP contribution in [0.3, 0.4) is 0 Å². The average Bonchev–Trinajstić information content (AvgIpc) is 2.36. The molecule has 1 aromatic rings. The maximum atomic E-state index is 3.42. The van der Waals surface area contributed by atoms with Gasteiger partial charge in [-0.1, -0.05) is 19.1 Å². The van der Waals surface area contributed by atoms with E-state index < -0.39 is 0 Å². The lowest BCUT2D eigenvalue weighted by Gasteiger charge is -2.12. The summed E-state index contributed by atoms with van der Waals surface area (Å²) in [4.78, 5) is 1.33. The van der Waals surface area contributed by atoms with E-state index in [9.17, 15) is 0 Å². The molecule has 1 rings (SSSR count). The van der Waals surface area contributed by atoms with Crippen LogP contribution in [0, 0.1) is 11.8 Å². The van der Waals surface area contributed by atoms with Crippen molar-refractivity contribution >= 4 is 11.8 Å². The molecule has 0 spiro atoms. The number of hydrogen-bond acceptors (Lipinski definition) is 2. The Morgan fingerprint density at radius 3 is 2.59 bits per heavy atom. The molecule has 0 bridgehead atoms. The monoisotopic (exact) mass is 247 g/mol. The Labute approximate surface area is 109 Å². The molecule has 0 aliphatic carbocycles. The lowest BCUT2D eigenvalue weighted by molar-refractivity contribution is 0.598. The lowest BCUT2D eigenvalue weighted by atomic mass is 10.1. The molecule has 0 aliphatic heterocycles. The van der Waals surface area contributed by atoms with Crippen LogP contribution in [0.25, 0.3) is 0 Å². The number of rotatable bonds is 6. The summed E-state index contributed by atoms with van der Waals surface area (Å²) in [7, 11) is 0. The molecule has 1 nitrogen and oxygen atoms in total. The van der Waals surface area contributed by atoms with E-state index in [4.69, 9.17) is 0 Å². The Balaban J connectivity index is 2.46. The van der Waals surface area contributed by atoms with Crippen LogP contribution in [0.1, 0.15) is 38.8 Å². The molecular weight excluding hydrogens is 226 g/mol. The molecule has 2 heteroatoms. The third-order valence-corrected chi connectivity index (χ3v) is 3.58. The minimum atomic E-state index is 0.435. The largest absolute Gasteiger partial charge is 0.310 e. The van der Waals surface area contributed by atoms with Crippen LogP contribution in [0.5, 0.6) is 0 Å². The van der Waals surface area contributed by atoms with Gasteiger partial charge in [0.2, 0.25) is 0 Å². The van der Waals surface area contributed by atoms with Crippen molar-refractivity contribution in [2.75, 3.05) is 12.3 Å². The maximum absolute atomic E-state index is 3.42. The Morgan fingerprint density at radius 1 is 1.29 bits per heavy atom. The molecule has 1 atom stereocenters. The van der Waals surface area contributed by atoms with Crippen molar-refractivity contribution in [3.05, 3.63) is 29.8 Å². The summed E-state index contributed by atoms with van der Waals surface area (Å²) in [5.74, 6) is 7.08. The van der Waals surface area contributed by atoms with Gasteiger partial charge in [-0.25, -0.2) is 0 Å². The van der Waals surface area contributed by atoms with Crippen molar-refractivity contribution in [3.8, 4) is 11.8 Å². The predicted molar refractivity (Wildman–Crippen MR) is 77.3 cm³/mol. The van der Waals surface area contributed by atoms with Crippen molar-refractivity contribution in [1.82, 2.24) is 5.32 Å². The summed E-state index contributed by atoms with van der Waals surface area (Å²) in [6.45, 7) is 7.23. The minimum Gasteiger partial charge on any atom is -0.310 e. The summed E-state index contributed by atoms with van der Waals surface area (Å²) < 4.78 is 0. The molecule has 0 saturated carbocycles. The second-order valence-corrected chi connectivity index (χ2v) is 5.04. The summed E-state index contributed by atoms with van der Waals surface area (Å²) >= 11 is 1.87. The zero-order valence-electron chi connectivity index (χ0n) is 10.9. The molecule has 0 aliphatic rings. The molecule has 0 saturated heterocycles. The topological polar surface area (TPSA) is 12.0 Å². The molecule has 1 N–H and O–H groups in total.